The van der Waals surface area contributed by atoms with Gasteiger partial charge in [0.2, 0.25) is 5.91 Å². The van der Waals surface area contributed by atoms with Crippen LogP contribution in [0.2, 0.25) is 0 Å². The van der Waals surface area contributed by atoms with Crippen molar-refractivity contribution in [1.82, 2.24) is 14.8 Å². The number of amides is 1. The fourth-order valence-corrected chi connectivity index (χ4v) is 4.02. The Labute approximate surface area is 154 Å². The van der Waals surface area contributed by atoms with Crippen LogP contribution in [0.3, 0.4) is 0 Å². The number of anilines is 1. The van der Waals surface area contributed by atoms with E-state index in [-0.39, 0.29) is 11.9 Å². The van der Waals surface area contributed by atoms with E-state index in [0.29, 0.717) is 10.5 Å². The molecule has 0 radical (unpaired) electrons. The lowest BCUT2D eigenvalue weighted by Gasteiger charge is -2.06. The number of benzene rings is 1. The minimum atomic E-state index is -0.440. The second-order valence-electron chi connectivity index (χ2n) is 5.44. The Balaban J connectivity index is 1.56. The number of carbonyl (C=O) groups excluding carboxylic acids is 1. The van der Waals surface area contributed by atoms with Gasteiger partial charge in [0.05, 0.1) is 21.3 Å². The number of thiazole rings is 1. The predicted molar refractivity (Wildman–Crippen MR) is 103 cm³/mol. The number of aromatic nitrogens is 3. The highest BCUT2D eigenvalue weighted by Crippen LogP contribution is 2.28. The Morgan fingerprint density at radius 3 is 2.69 bits per heavy atom. The quantitative estimate of drug-likeness (QED) is 0.565. The Bertz CT molecular complexity index is 1200. The summed E-state index contributed by atoms with van der Waals surface area (Å²) in [5.41, 5.74) is -0.0485. The van der Waals surface area contributed by atoms with Crippen LogP contribution in [0.15, 0.2) is 56.7 Å². The molecule has 3 aromatic heterocycles. The molecule has 4 aromatic rings. The van der Waals surface area contributed by atoms with E-state index in [1.807, 2.05) is 22.9 Å². The van der Waals surface area contributed by atoms with Gasteiger partial charge in [-0.3, -0.25) is 19.5 Å². The van der Waals surface area contributed by atoms with Gasteiger partial charge in [-0.25, -0.2) is 9.67 Å². The zero-order valence-corrected chi connectivity index (χ0v) is 14.9. The summed E-state index contributed by atoms with van der Waals surface area (Å²) >= 11 is 2.86. The number of hydrogen-bond acceptors (Lipinski definition) is 6. The topological polar surface area (TPSA) is 96.9 Å². The molecule has 1 amide bonds. The third-order valence-electron chi connectivity index (χ3n) is 3.71. The molecule has 9 heteroatoms. The summed E-state index contributed by atoms with van der Waals surface area (Å²) < 4.78 is 1.01. The van der Waals surface area contributed by atoms with Gasteiger partial charge in [-0.1, -0.05) is 18.2 Å². The number of nitrogens with one attached hydrogen (secondary N) is 2. The van der Waals surface area contributed by atoms with Crippen molar-refractivity contribution < 1.29 is 4.79 Å². The zero-order valence-electron chi connectivity index (χ0n) is 13.3. The second-order valence-corrected chi connectivity index (χ2v) is 7.25. The number of hydrogen-bond donors (Lipinski definition) is 2. The molecule has 0 unspecified atom stereocenters. The lowest BCUT2D eigenvalue weighted by Crippen LogP contribution is -2.34. The summed E-state index contributed by atoms with van der Waals surface area (Å²) in [5, 5.41) is 9.92. The van der Waals surface area contributed by atoms with E-state index < -0.39 is 17.0 Å². The number of carbonyl (C=O) groups is 1. The molecule has 0 aliphatic heterocycles. The van der Waals surface area contributed by atoms with Crippen LogP contribution >= 0.6 is 22.7 Å². The molecule has 0 saturated heterocycles. The van der Waals surface area contributed by atoms with Crippen molar-refractivity contribution in [2.45, 2.75) is 6.54 Å². The molecule has 26 heavy (non-hydrogen) atoms. The molecule has 0 aliphatic carbocycles. The van der Waals surface area contributed by atoms with Gasteiger partial charge in [-0.2, -0.15) is 0 Å². The van der Waals surface area contributed by atoms with Crippen molar-refractivity contribution in [3.8, 4) is 10.6 Å². The van der Waals surface area contributed by atoms with Gasteiger partial charge in [0.15, 0.2) is 5.13 Å². The summed E-state index contributed by atoms with van der Waals surface area (Å²) in [5.74, 6) is -0.440. The number of H-pyrrole nitrogens is 1. The molecule has 7 nitrogen and oxygen atoms in total. The number of rotatable bonds is 4. The van der Waals surface area contributed by atoms with Gasteiger partial charge < -0.3 is 5.32 Å². The number of thiophene rings is 1. The molecule has 0 aliphatic rings. The molecule has 0 saturated carbocycles. The van der Waals surface area contributed by atoms with Gasteiger partial charge in [0.1, 0.15) is 6.54 Å². The van der Waals surface area contributed by atoms with Gasteiger partial charge in [-0.05, 0) is 23.6 Å². The van der Waals surface area contributed by atoms with Gasteiger partial charge in [0.25, 0.3) is 11.1 Å². The monoisotopic (exact) mass is 384 g/mol. The average Bonchev–Trinajstić information content (AvgIpc) is 3.31. The van der Waals surface area contributed by atoms with Crippen molar-refractivity contribution in [2.24, 2.45) is 0 Å². The normalized spacial score (nSPS) is 10.9. The first-order chi connectivity index (χ1) is 12.6. The number of nitrogens with zero attached hydrogens (tertiary/aromatic N) is 2. The molecule has 4 rings (SSSR count). The summed E-state index contributed by atoms with van der Waals surface area (Å²) in [4.78, 5) is 42.1. The van der Waals surface area contributed by atoms with Crippen molar-refractivity contribution in [2.75, 3.05) is 5.32 Å². The van der Waals surface area contributed by atoms with Crippen molar-refractivity contribution in [3.05, 3.63) is 67.9 Å². The Morgan fingerprint density at radius 2 is 1.92 bits per heavy atom. The maximum atomic E-state index is 12.4. The first kappa shape index (κ1) is 16.4. The molecule has 0 atom stereocenters. The van der Waals surface area contributed by atoms with Crippen LogP contribution in [-0.4, -0.2) is 20.7 Å². The van der Waals surface area contributed by atoms with Crippen molar-refractivity contribution in [1.29, 1.82) is 0 Å². The van der Waals surface area contributed by atoms with Crippen LogP contribution in [0, 0.1) is 0 Å². The summed E-state index contributed by atoms with van der Waals surface area (Å²) in [6.07, 6.45) is 0. The van der Waals surface area contributed by atoms with E-state index in [1.165, 1.54) is 11.3 Å². The molecule has 3 heterocycles. The summed E-state index contributed by atoms with van der Waals surface area (Å²) in [7, 11) is 0. The Hall–Kier alpha value is -3.04. The van der Waals surface area contributed by atoms with Gasteiger partial charge in [0, 0.05) is 5.38 Å². The standard InChI is InChI=1S/C17H12N4O3S2/c22-14(19-17-18-12(9-26-17)13-6-3-7-25-13)8-21-16(24)11-5-2-1-4-10(11)15(23)20-21/h1-7,9H,8H2,(H,20,23)(H,18,19,22). The van der Waals surface area contributed by atoms with E-state index in [2.05, 4.69) is 15.4 Å². The average molecular weight is 384 g/mol. The maximum absolute atomic E-state index is 12.4. The fourth-order valence-electron chi connectivity index (χ4n) is 2.53. The van der Waals surface area contributed by atoms with Crippen LogP contribution in [0.25, 0.3) is 21.3 Å². The minimum absolute atomic E-state index is 0.276. The molecular weight excluding hydrogens is 372 g/mol. The molecule has 130 valence electrons. The van der Waals surface area contributed by atoms with E-state index >= 15 is 0 Å². The van der Waals surface area contributed by atoms with E-state index in [1.54, 1.807) is 35.6 Å². The lowest BCUT2D eigenvalue weighted by atomic mass is 10.2. The van der Waals surface area contributed by atoms with Gasteiger partial charge in [-0.15, -0.1) is 22.7 Å². The van der Waals surface area contributed by atoms with Crippen LogP contribution in [0.1, 0.15) is 0 Å². The number of aromatic amines is 1. The van der Waals surface area contributed by atoms with Crippen LogP contribution in [-0.2, 0) is 11.3 Å². The Morgan fingerprint density at radius 1 is 1.12 bits per heavy atom. The molecule has 2 N–H and O–H groups in total. The molecule has 0 bridgehead atoms. The van der Waals surface area contributed by atoms with Gasteiger partial charge >= 0.3 is 0 Å². The van der Waals surface area contributed by atoms with Crippen molar-refractivity contribution >= 4 is 44.5 Å². The van der Waals surface area contributed by atoms with E-state index in [0.717, 1.165) is 15.3 Å². The largest absolute Gasteiger partial charge is 0.300 e. The highest BCUT2D eigenvalue weighted by atomic mass is 32.1. The van der Waals surface area contributed by atoms with Crippen LogP contribution in [0.4, 0.5) is 5.13 Å². The third kappa shape index (κ3) is 3.09. The second kappa shape index (κ2) is 6.70. The molecule has 0 fully saturated rings. The highest BCUT2D eigenvalue weighted by molar-refractivity contribution is 7.16. The van der Waals surface area contributed by atoms with E-state index in [4.69, 9.17) is 0 Å². The summed E-state index contributed by atoms with van der Waals surface area (Å²) in [6, 6.07) is 10.4. The summed E-state index contributed by atoms with van der Waals surface area (Å²) in [6.45, 7) is -0.299. The fraction of sp³-hybridized carbons (Fsp3) is 0.0588. The smallest absolute Gasteiger partial charge is 0.273 e. The predicted octanol–water partition coefficient (Wildman–Crippen LogP) is 2.51. The lowest BCUT2D eigenvalue weighted by molar-refractivity contribution is -0.117. The first-order valence-electron chi connectivity index (χ1n) is 7.63. The van der Waals surface area contributed by atoms with Crippen molar-refractivity contribution in [3.63, 3.8) is 0 Å². The van der Waals surface area contributed by atoms with Crippen LogP contribution in [0.5, 0.6) is 0 Å². The van der Waals surface area contributed by atoms with E-state index in [9.17, 15) is 14.4 Å². The maximum Gasteiger partial charge on any atom is 0.273 e. The molecular formula is C17H12N4O3S2. The SMILES string of the molecule is O=C(Cn1[nH]c(=O)c2ccccc2c1=O)Nc1nc(-c2cccs2)cs1. The highest BCUT2D eigenvalue weighted by Gasteiger charge is 2.12. The third-order valence-corrected chi connectivity index (χ3v) is 5.36. The number of fused-ring (bicyclic) bond motifs is 1. The zero-order chi connectivity index (χ0) is 18.1. The first-order valence-corrected chi connectivity index (χ1v) is 9.39. The molecule has 1 aromatic carbocycles. The van der Waals surface area contributed by atoms with Crippen LogP contribution < -0.4 is 16.4 Å². The Kier molecular flexibility index (Phi) is 4.23. The molecule has 0 spiro atoms. The minimum Gasteiger partial charge on any atom is -0.300 e.